The molecule has 1 aromatic rings. The molecule has 3 amide bonds. The van der Waals surface area contributed by atoms with Crippen molar-refractivity contribution in [3.05, 3.63) is 23.8 Å². The number of ether oxygens (including phenoxy) is 1. The number of carbonyl (C=O) groups is 3. The van der Waals surface area contributed by atoms with Crippen LogP contribution in [0.25, 0.3) is 0 Å². The molecule has 1 aliphatic heterocycles. The molecule has 0 aromatic heterocycles. The van der Waals surface area contributed by atoms with E-state index in [1.165, 1.54) is 30.2 Å². The largest absolute Gasteiger partial charge is 0.495 e. The lowest BCUT2D eigenvalue weighted by Gasteiger charge is -2.27. The topological polar surface area (TPSA) is 95.9 Å². The Labute approximate surface area is 108 Å². The standard InChI is InChI=1S/C12H12N2O5/c1-19-9-3-2-7(11(16)17)6-8(9)14-5-4-10(15)13-12(14)18/h2-3,6H,4-5H2,1H3,(H,16,17)(H,13,15,18). The summed E-state index contributed by atoms with van der Waals surface area (Å²) in [6.45, 7) is 0.185. The second kappa shape index (κ2) is 4.97. The highest BCUT2D eigenvalue weighted by atomic mass is 16.5. The second-order valence-electron chi connectivity index (χ2n) is 3.95. The number of amides is 3. The Morgan fingerprint density at radius 2 is 2.16 bits per heavy atom. The van der Waals surface area contributed by atoms with Crippen molar-refractivity contribution in [2.45, 2.75) is 6.42 Å². The number of hydrogen-bond acceptors (Lipinski definition) is 4. The van der Waals surface area contributed by atoms with Crippen LogP contribution in [-0.2, 0) is 4.79 Å². The number of nitrogens with zero attached hydrogens (tertiary/aromatic N) is 1. The van der Waals surface area contributed by atoms with Crippen LogP contribution in [0.5, 0.6) is 5.75 Å². The predicted octanol–water partition coefficient (Wildman–Crippen LogP) is 0.840. The van der Waals surface area contributed by atoms with Crippen molar-refractivity contribution in [2.24, 2.45) is 0 Å². The number of hydrogen-bond donors (Lipinski definition) is 2. The lowest BCUT2D eigenvalue weighted by Crippen LogP contribution is -2.49. The summed E-state index contributed by atoms with van der Waals surface area (Å²) in [5, 5.41) is 11.1. The molecule has 0 aliphatic carbocycles. The molecule has 0 spiro atoms. The first-order valence-electron chi connectivity index (χ1n) is 5.55. The normalized spacial score (nSPS) is 15.1. The zero-order chi connectivity index (χ0) is 14.0. The van der Waals surface area contributed by atoms with Gasteiger partial charge >= 0.3 is 12.0 Å². The molecule has 0 saturated carbocycles. The Hall–Kier alpha value is -2.57. The van der Waals surface area contributed by atoms with E-state index in [0.717, 1.165) is 0 Å². The van der Waals surface area contributed by atoms with Gasteiger partial charge in [0, 0.05) is 13.0 Å². The summed E-state index contributed by atoms with van der Waals surface area (Å²) in [6.07, 6.45) is 0.159. The third-order valence-corrected chi connectivity index (χ3v) is 2.77. The maximum Gasteiger partial charge on any atom is 0.335 e. The highest BCUT2D eigenvalue weighted by Crippen LogP contribution is 2.30. The molecule has 19 heavy (non-hydrogen) atoms. The van der Waals surface area contributed by atoms with Gasteiger partial charge in [0.05, 0.1) is 18.4 Å². The van der Waals surface area contributed by atoms with Crippen molar-refractivity contribution < 1.29 is 24.2 Å². The van der Waals surface area contributed by atoms with Crippen LogP contribution in [-0.4, -0.2) is 36.7 Å². The van der Waals surface area contributed by atoms with Crippen LogP contribution in [0.1, 0.15) is 16.8 Å². The SMILES string of the molecule is COc1ccc(C(=O)O)cc1N1CCC(=O)NC1=O. The van der Waals surface area contributed by atoms with Gasteiger partial charge < -0.3 is 9.84 Å². The number of carboxylic acids is 1. The number of aromatic carboxylic acids is 1. The van der Waals surface area contributed by atoms with Crippen LogP contribution in [0.15, 0.2) is 18.2 Å². The van der Waals surface area contributed by atoms with E-state index >= 15 is 0 Å². The predicted molar refractivity (Wildman–Crippen MR) is 65.5 cm³/mol. The van der Waals surface area contributed by atoms with Crippen LogP contribution in [0, 0.1) is 0 Å². The van der Waals surface area contributed by atoms with Gasteiger partial charge in [-0.25, -0.2) is 9.59 Å². The minimum absolute atomic E-state index is 0.0421. The Bertz CT molecular complexity index is 555. The summed E-state index contributed by atoms with van der Waals surface area (Å²) in [4.78, 5) is 35.1. The van der Waals surface area contributed by atoms with Crippen molar-refractivity contribution in [2.75, 3.05) is 18.6 Å². The molecule has 2 N–H and O–H groups in total. The lowest BCUT2D eigenvalue weighted by atomic mass is 10.1. The van der Waals surface area contributed by atoms with E-state index in [9.17, 15) is 14.4 Å². The van der Waals surface area contributed by atoms with E-state index in [0.29, 0.717) is 11.4 Å². The average molecular weight is 264 g/mol. The van der Waals surface area contributed by atoms with Gasteiger partial charge in [-0.3, -0.25) is 15.0 Å². The van der Waals surface area contributed by atoms with Crippen molar-refractivity contribution in [1.82, 2.24) is 5.32 Å². The molecule has 1 heterocycles. The summed E-state index contributed by atoms with van der Waals surface area (Å²) >= 11 is 0. The molecule has 1 saturated heterocycles. The number of methoxy groups -OCH3 is 1. The fraction of sp³-hybridized carbons (Fsp3) is 0.250. The molecule has 1 aromatic carbocycles. The number of rotatable bonds is 3. The van der Waals surface area contributed by atoms with Gasteiger partial charge in [-0.05, 0) is 18.2 Å². The van der Waals surface area contributed by atoms with E-state index in [4.69, 9.17) is 9.84 Å². The Balaban J connectivity index is 2.41. The summed E-state index contributed by atoms with van der Waals surface area (Å²) in [5.41, 5.74) is 0.368. The van der Waals surface area contributed by atoms with Gasteiger partial charge in [-0.15, -0.1) is 0 Å². The maximum atomic E-state index is 11.7. The van der Waals surface area contributed by atoms with Crippen molar-refractivity contribution in [1.29, 1.82) is 0 Å². The van der Waals surface area contributed by atoms with E-state index in [1.54, 1.807) is 0 Å². The number of carboxylic acid groups (broad SMARTS) is 1. The van der Waals surface area contributed by atoms with Gasteiger partial charge in [0.2, 0.25) is 5.91 Å². The zero-order valence-electron chi connectivity index (χ0n) is 10.2. The first kappa shape index (κ1) is 12.9. The molecular weight excluding hydrogens is 252 g/mol. The summed E-state index contributed by atoms with van der Waals surface area (Å²) < 4.78 is 5.11. The molecule has 1 fully saturated rings. The third-order valence-electron chi connectivity index (χ3n) is 2.77. The van der Waals surface area contributed by atoms with Crippen LogP contribution in [0.2, 0.25) is 0 Å². The fourth-order valence-corrected chi connectivity index (χ4v) is 1.83. The number of carbonyl (C=O) groups excluding carboxylic acids is 2. The van der Waals surface area contributed by atoms with E-state index in [1.807, 2.05) is 0 Å². The number of benzene rings is 1. The monoisotopic (exact) mass is 264 g/mol. The Kier molecular flexibility index (Phi) is 3.37. The average Bonchev–Trinajstić information content (AvgIpc) is 2.38. The highest BCUT2D eigenvalue weighted by molar-refractivity contribution is 6.06. The van der Waals surface area contributed by atoms with Gasteiger partial charge in [0.25, 0.3) is 0 Å². The molecule has 100 valence electrons. The molecule has 0 unspecified atom stereocenters. The van der Waals surface area contributed by atoms with Gasteiger partial charge in [0.1, 0.15) is 5.75 Å². The minimum Gasteiger partial charge on any atom is -0.495 e. The third kappa shape index (κ3) is 2.49. The molecule has 2 rings (SSSR count). The molecule has 0 bridgehead atoms. The van der Waals surface area contributed by atoms with E-state index in [2.05, 4.69) is 5.32 Å². The fourth-order valence-electron chi connectivity index (χ4n) is 1.83. The molecular formula is C12H12N2O5. The van der Waals surface area contributed by atoms with Gasteiger partial charge in [-0.1, -0.05) is 0 Å². The van der Waals surface area contributed by atoms with Gasteiger partial charge in [0.15, 0.2) is 0 Å². The van der Waals surface area contributed by atoms with Crippen molar-refractivity contribution in [3.63, 3.8) is 0 Å². The number of anilines is 1. The number of urea groups is 1. The molecule has 7 heteroatoms. The molecule has 0 atom stereocenters. The van der Waals surface area contributed by atoms with Crippen LogP contribution < -0.4 is 15.0 Å². The van der Waals surface area contributed by atoms with E-state index < -0.39 is 12.0 Å². The highest BCUT2D eigenvalue weighted by Gasteiger charge is 2.27. The lowest BCUT2D eigenvalue weighted by molar-refractivity contribution is -0.120. The van der Waals surface area contributed by atoms with Crippen LogP contribution in [0.4, 0.5) is 10.5 Å². The smallest absolute Gasteiger partial charge is 0.335 e. The van der Waals surface area contributed by atoms with Crippen molar-refractivity contribution >= 4 is 23.6 Å². The molecule has 7 nitrogen and oxygen atoms in total. The van der Waals surface area contributed by atoms with E-state index in [-0.39, 0.29) is 24.4 Å². The summed E-state index contributed by atoms with van der Waals surface area (Å²) in [5.74, 6) is -1.08. The molecule has 1 aliphatic rings. The Morgan fingerprint density at radius 1 is 1.42 bits per heavy atom. The Morgan fingerprint density at radius 3 is 2.74 bits per heavy atom. The van der Waals surface area contributed by atoms with Crippen LogP contribution in [0.3, 0.4) is 0 Å². The number of nitrogens with one attached hydrogen (secondary N) is 1. The van der Waals surface area contributed by atoms with Crippen molar-refractivity contribution in [3.8, 4) is 5.75 Å². The summed E-state index contributed by atoms with van der Waals surface area (Å²) in [7, 11) is 1.42. The number of imide groups is 1. The quantitative estimate of drug-likeness (QED) is 0.843. The zero-order valence-corrected chi connectivity index (χ0v) is 10.2. The molecule has 0 radical (unpaired) electrons. The second-order valence-corrected chi connectivity index (χ2v) is 3.95. The maximum absolute atomic E-state index is 11.7. The first-order valence-corrected chi connectivity index (χ1v) is 5.55. The van der Waals surface area contributed by atoms with Gasteiger partial charge in [-0.2, -0.15) is 0 Å². The minimum atomic E-state index is -1.10. The first-order chi connectivity index (χ1) is 9.02. The summed E-state index contributed by atoms with van der Waals surface area (Å²) in [6, 6.07) is 3.62. The van der Waals surface area contributed by atoms with Crippen LogP contribution >= 0.6 is 0 Å².